The molecule has 0 atom stereocenters. The zero-order chi connectivity index (χ0) is 13.8. The summed E-state index contributed by atoms with van der Waals surface area (Å²) in [5, 5.41) is 6.36. The van der Waals surface area contributed by atoms with E-state index in [1.807, 2.05) is 0 Å². The highest BCUT2D eigenvalue weighted by atomic mass is 16.1. The zero-order valence-electron chi connectivity index (χ0n) is 11.1. The van der Waals surface area contributed by atoms with E-state index in [-0.39, 0.29) is 11.9 Å². The van der Waals surface area contributed by atoms with Gasteiger partial charge in [-0.3, -0.25) is 9.36 Å². The van der Waals surface area contributed by atoms with Crippen LogP contribution < -0.4 is 10.6 Å². The van der Waals surface area contributed by atoms with Gasteiger partial charge in [0.25, 0.3) is 5.91 Å². The predicted octanol–water partition coefficient (Wildman–Crippen LogP) is 0.749. The lowest BCUT2D eigenvalue weighted by Crippen LogP contribution is -2.42. The van der Waals surface area contributed by atoms with Crippen LogP contribution in [-0.2, 0) is 0 Å². The van der Waals surface area contributed by atoms with Crippen molar-refractivity contribution in [2.45, 2.75) is 18.9 Å². The molecule has 1 aliphatic rings. The lowest BCUT2D eigenvalue weighted by atomic mass is 10.1. The Morgan fingerprint density at radius 2 is 2.20 bits per heavy atom. The summed E-state index contributed by atoms with van der Waals surface area (Å²) in [6.45, 7) is 1.92. The van der Waals surface area contributed by atoms with Crippen molar-refractivity contribution in [3.8, 4) is 5.82 Å². The van der Waals surface area contributed by atoms with Crippen LogP contribution in [0.15, 0.2) is 37.1 Å². The molecule has 1 fully saturated rings. The van der Waals surface area contributed by atoms with E-state index in [1.165, 1.54) is 0 Å². The second-order valence-corrected chi connectivity index (χ2v) is 4.87. The number of rotatable bonds is 3. The topological polar surface area (TPSA) is 71.8 Å². The molecule has 3 rings (SSSR count). The molecule has 2 aromatic heterocycles. The highest BCUT2D eigenvalue weighted by molar-refractivity contribution is 5.94. The van der Waals surface area contributed by atoms with Crippen LogP contribution in [0, 0.1) is 0 Å². The maximum Gasteiger partial charge on any atom is 0.251 e. The summed E-state index contributed by atoms with van der Waals surface area (Å²) in [6.07, 6.45) is 8.75. The van der Waals surface area contributed by atoms with Crippen LogP contribution in [0.3, 0.4) is 0 Å². The Bertz CT molecular complexity index is 575. The standard InChI is InChI=1S/C14H17N5O/c20-14(18-12-2-4-15-5-3-12)11-1-6-17-13(9-11)19-8-7-16-10-19/h1,6-10,12,15H,2-5H2,(H,18,20). The molecule has 3 heterocycles. The van der Waals surface area contributed by atoms with Gasteiger partial charge in [0.15, 0.2) is 0 Å². The number of hydrogen-bond acceptors (Lipinski definition) is 4. The summed E-state index contributed by atoms with van der Waals surface area (Å²) in [5.74, 6) is 0.654. The molecule has 1 saturated heterocycles. The average Bonchev–Trinajstić information content (AvgIpc) is 3.03. The number of imidazole rings is 1. The molecule has 0 aromatic carbocycles. The summed E-state index contributed by atoms with van der Waals surface area (Å²) >= 11 is 0. The van der Waals surface area contributed by atoms with Crippen molar-refractivity contribution >= 4 is 5.91 Å². The number of carbonyl (C=O) groups excluding carboxylic acids is 1. The molecule has 0 saturated carbocycles. The monoisotopic (exact) mass is 271 g/mol. The molecule has 0 unspecified atom stereocenters. The summed E-state index contributed by atoms with van der Waals surface area (Å²) in [6, 6.07) is 3.77. The third kappa shape index (κ3) is 2.85. The van der Waals surface area contributed by atoms with Gasteiger partial charge >= 0.3 is 0 Å². The van der Waals surface area contributed by atoms with E-state index in [0.29, 0.717) is 11.4 Å². The van der Waals surface area contributed by atoms with Crippen molar-refractivity contribution in [3.05, 3.63) is 42.6 Å². The minimum atomic E-state index is -0.0411. The van der Waals surface area contributed by atoms with Crippen LogP contribution in [0.4, 0.5) is 0 Å². The highest BCUT2D eigenvalue weighted by Crippen LogP contribution is 2.09. The van der Waals surface area contributed by atoms with Gasteiger partial charge in [-0.15, -0.1) is 0 Å². The van der Waals surface area contributed by atoms with Crippen LogP contribution in [0.5, 0.6) is 0 Å². The lowest BCUT2D eigenvalue weighted by molar-refractivity contribution is 0.0929. The van der Waals surface area contributed by atoms with Crippen LogP contribution in [0.2, 0.25) is 0 Å². The van der Waals surface area contributed by atoms with E-state index in [4.69, 9.17) is 0 Å². The minimum Gasteiger partial charge on any atom is -0.349 e. The normalized spacial score (nSPS) is 16.0. The van der Waals surface area contributed by atoms with Gasteiger partial charge in [0.05, 0.1) is 0 Å². The zero-order valence-corrected chi connectivity index (χ0v) is 11.1. The van der Waals surface area contributed by atoms with E-state index < -0.39 is 0 Å². The first kappa shape index (κ1) is 12.8. The molecule has 104 valence electrons. The molecular weight excluding hydrogens is 254 g/mol. The number of piperidine rings is 1. The summed E-state index contributed by atoms with van der Waals surface area (Å²) in [5.41, 5.74) is 0.627. The molecule has 0 aliphatic carbocycles. The number of carbonyl (C=O) groups is 1. The fourth-order valence-corrected chi connectivity index (χ4v) is 2.33. The van der Waals surface area contributed by atoms with Gasteiger partial charge < -0.3 is 10.6 Å². The fourth-order valence-electron chi connectivity index (χ4n) is 2.33. The SMILES string of the molecule is O=C(NC1CCNCC1)c1ccnc(-n2ccnc2)c1. The molecule has 2 N–H and O–H groups in total. The number of amides is 1. The first-order chi connectivity index (χ1) is 9.83. The third-order valence-electron chi connectivity index (χ3n) is 3.45. The van der Waals surface area contributed by atoms with Crippen molar-refractivity contribution in [1.29, 1.82) is 0 Å². The maximum atomic E-state index is 12.3. The number of hydrogen-bond donors (Lipinski definition) is 2. The van der Waals surface area contributed by atoms with Gasteiger partial charge in [-0.25, -0.2) is 9.97 Å². The van der Waals surface area contributed by atoms with Crippen LogP contribution in [0.1, 0.15) is 23.2 Å². The molecule has 0 spiro atoms. The maximum absolute atomic E-state index is 12.3. The highest BCUT2D eigenvalue weighted by Gasteiger charge is 2.16. The van der Waals surface area contributed by atoms with Gasteiger partial charge in [0, 0.05) is 30.2 Å². The van der Waals surface area contributed by atoms with Gasteiger partial charge in [0.2, 0.25) is 0 Å². The average molecular weight is 271 g/mol. The molecule has 6 nitrogen and oxygen atoms in total. The number of aromatic nitrogens is 3. The summed E-state index contributed by atoms with van der Waals surface area (Å²) in [4.78, 5) is 20.5. The Morgan fingerprint density at radius 1 is 1.35 bits per heavy atom. The Morgan fingerprint density at radius 3 is 2.95 bits per heavy atom. The van der Waals surface area contributed by atoms with Crippen LogP contribution in [-0.4, -0.2) is 39.6 Å². The van der Waals surface area contributed by atoms with Gasteiger partial charge in [-0.05, 0) is 38.1 Å². The second-order valence-electron chi connectivity index (χ2n) is 4.87. The third-order valence-corrected chi connectivity index (χ3v) is 3.45. The van der Waals surface area contributed by atoms with Crippen molar-refractivity contribution in [3.63, 3.8) is 0 Å². The van der Waals surface area contributed by atoms with E-state index >= 15 is 0 Å². The van der Waals surface area contributed by atoms with Gasteiger partial charge in [-0.1, -0.05) is 0 Å². The molecule has 1 amide bonds. The first-order valence-corrected chi connectivity index (χ1v) is 6.79. The fraction of sp³-hybridized carbons (Fsp3) is 0.357. The first-order valence-electron chi connectivity index (χ1n) is 6.79. The Labute approximate surface area is 117 Å². The minimum absolute atomic E-state index is 0.0411. The van der Waals surface area contributed by atoms with E-state index in [1.54, 1.807) is 41.6 Å². The Hall–Kier alpha value is -2.21. The molecule has 0 bridgehead atoms. The van der Waals surface area contributed by atoms with Gasteiger partial charge in [0.1, 0.15) is 12.1 Å². The van der Waals surface area contributed by atoms with E-state index in [0.717, 1.165) is 25.9 Å². The number of pyridine rings is 1. The Kier molecular flexibility index (Phi) is 3.73. The number of nitrogens with one attached hydrogen (secondary N) is 2. The molecule has 6 heteroatoms. The van der Waals surface area contributed by atoms with Crippen molar-refractivity contribution in [2.75, 3.05) is 13.1 Å². The van der Waals surface area contributed by atoms with Gasteiger partial charge in [-0.2, -0.15) is 0 Å². The lowest BCUT2D eigenvalue weighted by Gasteiger charge is -2.23. The Balaban J connectivity index is 1.73. The van der Waals surface area contributed by atoms with Crippen molar-refractivity contribution < 1.29 is 4.79 Å². The second kappa shape index (κ2) is 5.83. The molecule has 20 heavy (non-hydrogen) atoms. The quantitative estimate of drug-likeness (QED) is 0.864. The smallest absolute Gasteiger partial charge is 0.251 e. The largest absolute Gasteiger partial charge is 0.349 e. The van der Waals surface area contributed by atoms with E-state index in [2.05, 4.69) is 20.6 Å². The molecule has 1 aliphatic heterocycles. The predicted molar refractivity (Wildman–Crippen MR) is 74.7 cm³/mol. The van der Waals surface area contributed by atoms with Crippen molar-refractivity contribution in [2.24, 2.45) is 0 Å². The molecule has 2 aromatic rings. The number of nitrogens with zero attached hydrogens (tertiary/aromatic N) is 3. The van der Waals surface area contributed by atoms with Crippen molar-refractivity contribution in [1.82, 2.24) is 25.2 Å². The summed E-state index contributed by atoms with van der Waals surface area (Å²) < 4.78 is 1.78. The molecular formula is C14H17N5O. The van der Waals surface area contributed by atoms with Crippen LogP contribution >= 0.6 is 0 Å². The van der Waals surface area contributed by atoms with E-state index in [9.17, 15) is 4.79 Å². The van der Waals surface area contributed by atoms with Crippen LogP contribution in [0.25, 0.3) is 5.82 Å². The summed E-state index contributed by atoms with van der Waals surface area (Å²) in [7, 11) is 0. The molecule has 0 radical (unpaired) electrons.